The monoisotopic (exact) mass is 310 g/mol. The molecule has 0 fully saturated rings. The van der Waals surface area contributed by atoms with Crippen molar-refractivity contribution in [1.82, 2.24) is 0 Å². The Hall–Kier alpha value is -1.27. The molecule has 3 N–H and O–H groups in total. The maximum Gasteiger partial charge on any atom is 0.393 e. The quantitative estimate of drug-likeness (QED) is 0.877. The minimum atomic E-state index is -4.25. The maximum absolute atomic E-state index is 12.2. The van der Waals surface area contributed by atoms with Gasteiger partial charge in [0.05, 0.1) is 6.42 Å². The van der Waals surface area contributed by atoms with Crippen LogP contribution in [0.1, 0.15) is 25.3 Å². The minimum absolute atomic E-state index is 0. The topological polar surface area (TPSA) is 55.1 Å². The molecule has 114 valence electrons. The summed E-state index contributed by atoms with van der Waals surface area (Å²) >= 11 is 0. The Balaban J connectivity index is 0.00000361. The third-order valence-electron chi connectivity index (χ3n) is 2.44. The molecule has 0 aliphatic rings. The molecular formula is C13H18ClF3N2O. The molecule has 1 unspecified atom stereocenters. The first-order valence-electron chi connectivity index (χ1n) is 5.97. The number of amides is 1. The fourth-order valence-electron chi connectivity index (χ4n) is 1.57. The van der Waals surface area contributed by atoms with Crippen LogP contribution in [0.3, 0.4) is 0 Å². The van der Waals surface area contributed by atoms with Crippen molar-refractivity contribution in [2.75, 3.05) is 5.32 Å². The number of halogens is 4. The van der Waals surface area contributed by atoms with Crippen LogP contribution < -0.4 is 11.1 Å². The van der Waals surface area contributed by atoms with Crippen molar-refractivity contribution in [1.29, 1.82) is 0 Å². The second kappa shape index (κ2) is 8.11. The number of nitrogens with two attached hydrogens (primary N) is 1. The standard InChI is InChI=1S/C13H17F3N2O.ClH/c1-9(17)5-6-12(19)18-11-4-2-3-10(7-11)8-13(14,15)16;/h2-4,7,9H,5-6,8,17H2,1H3,(H,18,19);1H. The van der Waals surface area contributed by atoms with Gasteiger partial charge in [0.1, 0.15) is 0 Å². The van der Waals surface area contributed by atoms with Gasteiger partial charge in [-0.25, -0.2) is 0 Å². The van der Waals surface area contributed by atoms with Crippen LogP contribution >= 0.6 is 12.4 Å². The third kappa shape index (κ3) is 8.01. The maximum atomic E-state index is 12.2. The van der Waals surface area contributed by atoms with E-state index in [2.05, 4.69) is 5.32 Å². The normalized spacial score (nSPS) is 12.4. The first kappa shape index (κ1) is 18.7. The lowest BCUT2D eigenvalue weighted by Crippen LogP contribution is -2.19. The first-order chi connectivity index (χ1) is 8.76. The number of rotatable bonds is 5. The molecule has 0 heterocycles. The molecule has 0 aliphatic carbocycles. The van der Waals surface area contributed by atoms with Crippen LogP contribution in [0.4, 0.5) is 18.9 Å². The molecule has 0 spiro atoms. The number of carbonyl (C=O) groups is 1. The Bertz CT molecular complexity index is 436. The molecule has 0 saturated carbocycles. The predicted molar refractivity (Wildman–Crippen MR) is 75.0 cm³/mol. The van der Waals surface area contributed by atoms with Crippen LogP contribution in [-0.2, 0) is 11.2 Å². The number of alkyl halides is 3. The van der Waals surface area contributed by atoms with E-state index >= 15 is 0 Å². The molecule has 0 saturated heterocycles. The van der Waals surface area contributed by atoms with Gasteiger partial charge in [-0.3, -0.25) is 4.79 Å². The van der Waals surface area contributed by atoms with E-state index in [1.54, 1.807) is 13.0 Å². The predicted octanol–water partition coefficient (Wildman–Crippen LogP) is 3.28. The van der Waals surface area contributed by atoms with Crippen LogP contribution in [-0.4, -0.2) is 18.1 Å². The number of hydrogen-bond acceptors (Lipinski definition) is 2. The van der Waals surface area contributed by atoms with E-state index in [-0.39, 0.29) is 36.3 Å². The lowest BCUT2D eigenvalue weighted by molar-refractivity contribution is -0.127. The van der Waals surface area contributed by atoms with Gasteiger partial charge in [-0.1, -0.05) is 12.1 Å². The summed E-state index contributed by atoms with van der Waals surface area (Å²) in [5.41, 5.74) is 6.02. The van der Waals surface area contributed by atoms with Gasteiger partial charge in [0.25, 0.3) is 0 Å². The van der Waals surface area contributed by atoms with Crippen molar-refractivity contribution in [3.05, 3.63) is 29.8 Å². The van der Waals surface area contributed by atoms with Crippen molar-refractivity contribution in [3.63, 3.8) is 0 Å². The Labute approximate surface area is 122 Å². The second-order valence-corrected chi connectivity index (χ2v) is 4.56. The van der Waals surface area contributed by atoms with Crippen LogP contribution in [0.15, 0.2) is 24.3 Å². The molecule has 1 atom stereocenters. The van der Waals surface area contributed by atoms with Crippen molar-refractivity contribution in [2.45, 2.75) is 38.4 Å². The highest BCUT2D eigenvalue weighted by molar-refractivity contribution is 5.90. The smallest absolute Gasteiger partial charge is 0.328 e. The highest BCUT2D eigenvalue weighted by Gasteiger charge is 2.27. The van der Waals surface area contributed by atoms with E-state index < -0.39 is 12.6 Å². The number of hydrogen-bond donors (Lipinski definition) is 2. The number of carbonyl (C=O) groups excluding carboxylic acids is 1. The summed E-state index contributed by atoms with van der Waals surface area (Å²) in [4.78, 5) is 11.5. The molecule has 3 nitrogen and oxygen atoms in total. The summed E-state index contributed by atoms with van der Waals surface area (Å²) in [5.74, 6) is -0.249. The summed E-state index contributed by atoms with van der Waals surface area (Å²) in [6.07, 6.45) is -4.47. The van der Waals surface area contributed by atoms with Gasteiger partial charge in [0, 0.05) is 18.2 Å². The zero-order valence-electron chi connectivity index (χ0n) is 11.0. The molecule has 0 radical (unpaired) electrons. The fraction of sp³-hybridized carbons (Fsp3) is 0.462. The molecule has 0 aromatic heterocycles. The van der Waals surface area contributed by atoms with Gasteiger partial charge in [-0.2, -0.15) is 13.2 Å². The Morgan fingerprint density at radius 2 is 2.05 bits per heavy atom. The van der Waals surface area contributed by atoms with Crippen LogP contribution in [0.2, 0.25) is 0 Å². The van der Waals surface area contributed by atoms with Crippen LogP contribution in [0.5, 0.6) is 0 Å². The van der Waals surface area contributed by atoms with E-state index in [0.717, 1.165) is 0 Å². The van der Waals surface area contributed by atoms with Crippen molar-refractivity contribution in [2.24, 2.45) is 5.73 Å². The van der Waals surface area contributed by atoms with Gasteiger partial charge in [0.2, 0.25) is 5.91 Å². The number of benzene rings is 1. The molecule has 0 bridgehead atoms. The Kier molecular flexibility index (Phi) is 7.60. The number of anilines is 1. The molecule has 7 heteroatoms. The van der Waals surface area contributed by atoms with Gasteiger partial charge in [0.15, 0.2) is 0 Å². The highest BCUT2D eigenvalue weighted by Crippen LogP contribution is 2.22. The van der Waals surface area contributed by atoms with Crippen molar-refractivity contribution >= 4 is 24.0 Å². The minimum Gasteiger partial charge on any atom is -0.328 e. The first-order valence-corrected chi connectivity index (χ1v) is 5.97. The molecule has 0 aliphatic heterocycles. The molecular weight excluding hydrogens is 293 g/mol. The van der Waals surface area contributed by atoms with Crippen LogP contribution in [0.25, 0.3) is 0 Å². The summed E-state index contributed by atoms with van der Waals surface area (Å²) < 4.78 is 36.7. The fourth-order valence-corrected chi connectivity index (χ4v) is 1.57. The Morgan fingerprint density at radius 3 is 2.60 bits per heavy atom. The number of nitrogens with one attached hydrogen (secondary N) is 1. The molecule has 1 rings (SSSR count). The molecule has 1 amide bonds. The van der Waals surface area contributed by atoms with Crippen molar-refractivity contribution < 1.29 is 18.0 Å². The van der Waals surface area contributed by atoms with Crippen LogP contribution in [0, 0.1) is 0 Å². The van der Waals surface area contributed by atoms with Gasteiger partial charge >= 0.3 is 6.18 Å². The lowest BCUT2D eigenvalue weighted by atomic mass is 10.1. The summed E-state index contributed by atoms with van der Waals surface area (Å²) in [5, 5.41) is 2.56. The Morgan fingerprint density at radius 1 is 1.40 bits per heavy atom. The van der Waals surface area contributed by atoms with E-state index in [0.29, 0.717) is 12.1 Å². The average Bonchev–Trinajstić information content (AvgIpc) is 2.24. The largest absolute Gasteiger partial charge is 0.393 e. The third-order valence-corrected chi connectivity index (χ3v) is 2.44. The second-order valence-electron chi connectivity index (χ2n) is 4.56. The van der Waals surface area contributed by atoms with E-state index in [4.69, 9.17) is 5.73 Å². The summed E-state index contributed by atoms with van der Waals surface area (Å²) in [7, 11) is 0. The lowest BCUT2D eigenvalue weighted by Gasteiger charge is -2.10. The van der Waals surface area contributed by atoms with Crippen molar-refractivity contribution in [3.8, 4) is 0 Å². The summed E-state index contributed by atoms with van der Waals surface area (Å²) in [6.45, 7) is 1.79. The van der Waals surface area contributed by atoms with E-state index in [1.165, 1.54) is 18.2 Å². The van der Waals surface area contributed by atoms with E-state index in [9.17, 15) is 18.0 Å². The highest BCUT2D eigenvalue weighted by atomic mass is 35.5. The molecule has 1 aromatic carbocycles. The summed E-state index contributed by atoms with van der Waals surface area (Å²) in [6, 6.07) is 5.68. The SMILES string of the molecule is CC(N)CCC(=O)Nc1cccc(CC(F)(F)F)c1.Cl. The van der Waals surface area contributed by atoms with E-state index in [1.807, 2.05) is 0 Å². The zero-order chi connectivity index (χ0) is 14.5. The molecule has 20 heavy (non-hydrogen) atoms. The zero-order valence-corrected chi connectivity index (χ0v) is 11.9. The van der Waals surface area contributed by atoms with Gasteiger partial charge in [-0.15, -0.1) is 12.4 Å². The average molecular weight is 311 g/mol. The molecule has 1 aromatic rings. The van der Waals surface area contributed by atoms with Gasteiger partial charge < -0.3 is 11.1 Å². The van der Waals surface area contributed by atoms with Gasteiger partial charge in [-0.05, 0) is 31.0 Å².